The van der Waals surface area contributed by atoms with Crippen LogP contribution < -0.4 is 0 Å². The number of hydrogen-bond donors (Lipinski definition) is 3. The molecule has 0 saturated carbocycles. The Morgan fingerprint density at radius 3 is 1.16 bits per heavy atom. The third-order valence-electron chi connectivity index (χ3n) is 10.5. The van der Waals surface area contributed by atoms with Crippen LogP contribution >= 0.6 is 0 Å². The lowest BCUT2D eigenvalue weighted by Gasteiger charge is -2.35. The maximum absolute atomic E-state index is 15.8. The van der Waals surface area contributed by atoms with Crippen molar-refractivity contribution in [2.45, 2.75) is 64.3 Å². The van der Waals surface area contributed by atoms with E-state index >= 15 is 17.6 Å². The standard InChI is InChI=1S/C23H20F3N5O.C22H17F4N5O.C2H6O2S.CH4O3S.CH4/c1-15-3-6-17(7-4-15)18-8-10-21(27-12-18)23(25,26)22(32,13-31-14-28-29-30-31)19-9-5-16(2)11-20(19)24;1-14-2-4-15(5-3-14)16-6-9-20(27-11-16)22(25,26)21(32,12-31-13-28-29-30-31)18-8-7-17(23)10-19(18)24;2*1-5(2,3)4;/h3-12,14,32H,13H2,1-2H3;2-11,13,32H,12H2,1H3;1-2H3;1H3,(H,2,3,4);1H4/t22-;21-;;;/m10.../s1. The van der Waals surface area contributed by atoms with Crippen LogP contribution in [0.1, 0.15) is 46.6 Å². The Morgan fingerprint density at radius 1 is 0.520 bits per heavy atom. The fourth-order valence-corrected chi connectivity index (χ4v) is 6.88. The summed E-state index contributed by atoms with van der Waals surface area (Å²) in [5.41, 5.74) is -3.63. The van der Waals surface area contributed by atoms with Crippen molar-refractivity contribution in [1.29, 1.82) is 0 Å². The van der Waals surface area contributed by atoms with Gasteiger partial charge in [-0.2, -0.15) is 26.0 Å². The van der Waals surface area contributed by atoms with Crippen molar-refractivity contribution in [3.63, 3.8) is 0 Å². The molecular formula is C49H51F7N10O7S2. The average molecular weight is 1090 g/mol. The quantitative estimate of drug-likeness (QED) is 0.0776. The lowest BCUT2D eigenvalue weighted by molar-refractivity contribution is -0.207. The SMILES string of the molecule is C.CS(=O)(=O)O.CS(C)(=O)=O.Cc1ccc(-c2ccc(C(F)(F)[C@@](O)(Cn3cnnn3)c3ccc(C)cc3F)nc2)cc1.Cc1ccc(-c2ccc(C(F)(F)[C@](O)(Cn3cnnn3)c3ccc(F)cc3F)nc2)cc1. The predicted octanol–water partition coefficient (Wildman–Crippen LogP) is 7.97. The molecule has 26 heteroatoms. The van der Waals surface area contributed by atoms with Crippen LogP contribution in [0.25, 0.3) is 22.3 Å². The number of benzene rings is 4. The van der Waals surface area contributed by atoms with Gasteiger partial charge < -0.3 is 10.2 Å². The highest BCUT2D eigenvalue weighted by Gasteiger charge is 2.59. The van der Waals surface area contributed by atoms with Crippen LogP contribution in [0.15, 0.2) is 134 Å². The highest BCUT2D eigenvalue weighted by atomic mass is 32.2. The van der Waals surface area contributed by atoms with Crippen LogP contribution in [-0.4, -0.2) is 101 Å². The molecule has 0 aliphatic heterocycles. The van der Waals surface area contributed by atoms with Gasteiger partial charge in [0.05, 0.1) is 19.3 Å². The van der Waals surface area contributed by atoms with Crippen LogP contribution in [0.4, 0.5) is 30.7 Å². The van der Waals surface area contributed by atoms with Gasteiger partial charge in [0.1, 0.15) is 51.3 Å². The number of rotatable bonds is 12. The van der Waals surface area contributed by atoms with Crippen molar-refractivity contribution in [1.82, 2.24) is 50.4 Å². The Labute approximate surface area is 427 Å². The van der Waals surface area contributed by atoms with Crippen LogP contribution in [0.5, 0.6) is 0 Å². The number of aryl methyl sites for hydroxylation is 3. The molecule has 0 saturated heterocycles. The Bertz CT molecular complexity index is 3110. The molecule has 0 unspecified atom stereocenters. The number of nitrogens with zero attached hydrogens (tertiary/aromatic N) is 10. The van der Waals surface area contributed by atoms with Crippen molar-refractivity contribution in [2.24, 2.45) is 0 Å². The first kappa shape index (κ1) is 60.2. The highest BCUT2D eigenvalue weighted by molar-refractivity contribution is 7.89. The minimum absolute atomic E-state index is 0. The summed E-state index contributed by atoms with van der Waals surface area (Å²) in [6, 6.07) is 25.7. The van der Waals surface area contributed by atoms with Crippen LogP contribution in [0.3, 0.4) is 0 Å². The number of hydrogen-bond acceptors (Lipinski definition) is 14. The molecule has 8 aromatic rings. The van der Waals surface area contributed by atoms with E-state index in [0.29, 0.717) is 29.0 Å². The van der Waals surface area contributed by atoms with E-state index in [4.69, 9.17) is 4.55 Å². The number of alkyl halides is 4. The third kappa shape index (κ3) is 15.8. The zero-order valence-corrected chi connectivity index (χ0v) is 41.7. The highest BCUT2D eigenvalue weighted by Crippen LogP contribution is 2.48. The summed E-state index contributed by atoms with van der Waals surface area (Å²) in [4.78, 5) is 7.77. The second kappa shape index (κ2) is 24.3. The van der Waals surface area contributed by atoms with E-state index < -0.39 is 96.1 Å². The minimum Gasteiger partial charge on any atom is -0.377 e. The molecule has 4 heterocycles. The Morgan fingerprint density at radius 2 is 0.853 bits per heavy atom. The van der Waals surface area contributed by atoms with Gasteiger partial charge in [-0.1, -0.05) is 91.3 Å². The van der Waals surface area contributed by atoms with Gasteiger partial charge in [0.2, 0.25) is 0 Å². The molecule has 3 N–H and O–H groups in total. The largest absolute Gasteiger partial charge is 0.377 e. The zero-order valence-electron chi connectivity index (χ0n) is 40.0. The summed E-state index contributed by atoms with van der Waals surface area (Å²) in [5, 5.41) is 43.0. The Balaban J connectivity index is 0.000000272. The molecule has 0 radical (unpaired) electrons. The summed E-state index contributed by atoms with van der Waals surface area (Å²) in [6.07, 6.45) is 7.65. The van der Waals surface area contributed by atoms with Crippen molar-refractivity contribution in [2.75, 3.05) is 18.8 Å². The van der Waals surface area contributed by atoms with E-state index in [-0.39, 0.29) is 7.43 Å². The molecule has 0 spiro atoms. The van der Waals surface area contributed by atoms with E-state index in [2.05, 4.69) is 41.0 Å². The summed E-state index contributed by atoms with van der Waals surface area (Å²) in [7, 11) is -6.33. The second-order valence-electron chi connectivity index (χ2n) is 17.0. The van der Waals surface area contributed by atoms with E-state index in [0.717, 1.165) is 93.2 Å². The van der Waals surface area contributed by atoms with Gasteiger partial charge in [0, 0.05) is 53.2 Å². The number of aromatic nitrogens is 10. The summed E-state index contributed by atoms with van der Waals surface area (Å²) >= 11 is 0. The predicted molar refractivity (Wildman–Crippen MR) is 263 cm³/mol. The molecule has 0 aliphatic rings. The maximum atomic E-state index is 15.8. The first-order valence-electron chi connectivity index (χ1n) is 21.4. The van der Waals surface area contributed by atoms with E-state index in [1.165, 1.54) is 30.6 Å². The first-order valence-corrected chi connectivity index (χ1v) is 25.5. The molecule has 0 aliphatic carbocycles. The molecule has 2 atom stereocenters. The van der Waals surface area contributed by atoms with Gasteiger partial charge in [-0.25, -0.2) is 31.0 Å². The molecular weight excluding hydrogens is 1040 g/mol. The van der Waals surface area contributed by atoms with Crippen LogP contribution in [0.2, 0.25) is 0 Å². The van der Waals surface area contributed by atoms with Gasteiger partial charge in [-0.3, -0.25) is 14.5 Å². The molecule has 8 rings (SSSR count). The van der Waals surface area contributed by atoms with Crippen molar-refractivity contribution in [3.8, 4) is 22.3 Å². The van der Waals surface area contributed by atoms with E-state index in [9.17, 15) is 40.2 Å². The zero-order chi connectivity index (χ0) is 54.9. The summed E-state index contributed by atoms with van der Waals surface area (Å²) in [6.45, 7) is 3.80. The molecule has 4 aromatic heterocycles. The van der Waals surface area contributed by atoms with E-state index in [1.54, 1.807) is 6.92 Å². The Hall–Kier alpha value is -7.39. The maximum Gasteiger partial charge on any atom is 0.323 e. The lowest BCUT2D eigenvalue weighted by atomic mass is 9.84. The minimum atomic E-state index is -4.09. The number of tetrazole rings is 2. The fraction of sp³-hybridized carbons (Fsp3) is 0.265. The van der Waals surface area contributed by atoms with Gasteiger partial charge in [-0.15, -0.1) is 10.2 Å². The van der Waals surface area contributed by atoms with Gasteiger partial charge in [-0.05, 0) is 88.6 Å². The molecule has 400 valence electrons. The lowest BCUT2D eigenvalue weighted by Crippen LogP contribution is -2.48. The van der Waals surface area contributed by atoms with Crippen LogP contribution in [0, 0.1) is 38.2 Å². The number of halogens is 7. The fourth-order valence-electron chi connectivity index (χ4n) is 6.88. The first-order chi connectivity index (χ1) is 34.4. The topological polar surface area (TPSA) is 242 Å². The van der Waals surface area contributed by atoms with Gasteiger partial charge >= 0.3 is 11.8 Å². The van der Waals surface area contributed by atoms with Crippen molar-refractivity contribution in [3.05, 3.63) is 191 Å². The Kier molecular flexibility index (Phi) is 19.5. The molecule has 17 nitrogen and oxygen atoms in total. The molecule has 0 fully saturated rings. The summed E-state index contributed by atoms with van der Waals surface area (Å²) in [5.74, 6) is -11.3. The van der Waals surface area contributed by atoms with Crippen molar-refractivity contribution < 1.29 is 62.3 Å². The third-order valence-corrected chi connectivity index (χ3v) is 10.5. The molecule has 75 heavy (non-hydrogen) atoms. The monoisotopic (exact) mass is 1090 g/mol. The molecule has 0 amide bonds. The second-order valence-corrected chi connectivity index (χ2v) is 20.7. The smallest absolute Gasteiger partial charge is 0.323 e. The van der Waals surface area contributed by atoms with Gasteiger partial charge in [0.15, 0.2) is 11.2 Å². The normalized spacial score (nSPS) is 13.2. The van der Waals surface area contributed by atoms with Gasteiger partial charge in [0.25, 0.3) is 10.1 Å². The van der Waals surface area contributed by atoms with Crippen LogP contribution in [-0.2, 0) is 56.1 Å². The van der Waals surface area contributed by atoms with E-state index in [1.807, 2.05) is 62.4 Å². The number of sulfone groups is 1. The van der Waals surface area contributed by atoms with Crippen molar-refractivity contribution >= 4 is 20.0 Å². The molecule has 0 bridgehead atoms. The number of aliphatic hydroxyl groups is 2. The summed E-state index contributed by atoms with van der Waals surface area (Å²) < 4.78 is 153. The molecule has 4 aromatic carbocycles. The number of pyridine rings is 2. The average Bonchev–Trinajstić information content (AvgIpc) is 4.03.